The maximum Gasteiger partial charge on any atom is 0.250 e. The number of nitrogens with one attached hydrogen (secondary N) is 2. The van der Waals surface area contributed by atoms with E-state index in [1.807, 2.05) is 42.5 Å². The zero-order valence-corrected chi connectivity index (χ0v) is 23.8. The molecule has 1 aliphatic rings. The van der Waals surface area contributed by atoms with Crippen LogP contribution in [0.1, 0.15) is 11.1 Å². The van der Waals surface area contributed by atoms with Crippen LogP contribution in [0.5, 0.6) is 5.75 Å². The molecule has 1 saturated heterocycles. The molecule has 0 aliphatic carbocycles. The number of benzene rings is 3. The second kappa shape index (κ2) is 13.0. The summed E-state index contributed by atoms with van der Waals surface area (Å²) in [6.45, 7) is 2.91. The number of nitrogens with zero attached hydrogens (tertiary/aromatic N) is 5. The lowest BCUT2D eigenvalue weighted by molar-refractivity contribution is 0.122. The van der Waals surface area contributed by atoms with Gasteiger partial charge in [0.1, 0.15) is 18.2 Å². The van der Waals surface area contributed by atoms with Crippen LogP contribution in [0.2, 0.25) is 0 Å². The van der Waals surface area contributed by atoms with Crippen LogP contribution in [0.15, 0.2) is 80.8 Å². The van der Waals surface area contributed by atoms with E-state index in [2.05, 4.69) is 67.6 Å². The number of halogens is 3. The van der Waals surface area contributed by atoms with Gasteiger partial charge in [-0.05, 0) is 79.4 Å². The van der Waals surface area contributed by atoms with Crippen molar-refractivity contribution >= 4 is 61.6 Å². The molecule has 1 aliphatic heterocycles. The van der Waals surface area contributed by atoms with Gasteiger partial charge in [-0.25, -0.2) is 9.82 Å². The number of para-hydroxylation sites is 1. The summed E-state index contributed by atoms with van der Waals surface area (Å²) < 4.78 is 26.0. The van der Waals surface area contributed by atoms with Gasteiger partial charge in [-0.3, -0.25) is 0 Å². The van der Waals surface area contributed by atoms with E-state index in [0.717, 1.165) is 25.8 Å². The van der Waals surface area contributed by atoms with Gasteiger partial charge in [0.05, 0.1) is 28.4 Å². The lowest BCUT2D eigenvalue weighted by Crippen LogP contribution is -2.37. The number of anilines is 4. The Morgan fingerprint density at radius 2 is 1.64 bits per heavy atom. The molecule has 5 rings (SSSR count). The summed E-state index contributed by atoms with van der Waals surface area (Å²) in [6.07, 6.45) is 1.65. The molecule has 0 radical (unpaired) electrons. The summed E-state index contributed by atoms with van der Waals surface area (Å²) in [5, 5.41) is 7.57. The highest BCUT2D eigenvalue weighted by Crippen LogP contribution is 2.35. The van der Waals surface area contributed by atoms with Gasteiger partial charge in [0, 0.05) is 18.8 Å². The molecule has 0 saturated carbocycles. The fourth-order valence-electron chi connectivity index (χ4n) is 3.72. The van der Waals surface area contributed by atoms with Gasteiger partial charge in [-0.15, -0.1) is 0 Å². The Balaban J connectivity index is 1.29. The maximum absolute atomic E-state index is 13.2. The lowest BCUT2D eigenvalue weighted by atomic mass is 10.2. The van der Waals surface area contributed by atoms with Gasteiger partial charge < -0.3 is 19.7 Å². The van der Waals surface area contributed by atoms with Crippen LogP contribution in [0.25, 0.3) is 0 Å². The van der Waals surface area contributed by atoms with E-state index in [-0.39, 0.29) is 5.82 Å². The van der Waals surface area contributed by atoms with E-state index in [1.54, 1.807) is 18.3 Å². The summed E-state index contributed by atoms with van der Waals surface area (Å²) in [4.78, 5) is 15.7. The predicted molar refractivity (Wildman–Crippen MR) is 156 cm³/mol. The third-order valence-corrected chi connectivity index (χ3v) is 6.82. The van der Waals surface area contributed by atoms with E-state index < -0.39 is 0 Å². The van der Waals surface area contributed by atoms with Gasteiger partial charge in [-0.2, -0.15) is 20.1 Å². The Kier molecular flexibility index (Phi) is 8.96. The summed E-state index contributed by atoms with van der Waals surface area (Å²) in [5.41, 5.74) is 5.45. The molecule has 3 aromatic carbocycles. The first-order chi connectivity index (χ1) is 19.0. The van der Waals surface area contributed by atoms with Crippen molar-refractivity contribution in [2.24, 2.45) is 5.10 Å². The molecule has 200 valence electrons. The molecule has 0 spiro atoms. The van der Waals surface area contributed by atoms with Crippen molar-refractivity contribution in [1.29, 1.82) is 0 Å². The molecule has 0 bridgehead atoms. The molecule has 0 atom stereocenters. The third-order valence-electron chi connectivity index (χ3n) is 5.64. The highest BCUT2D eigenvalue weighted by atomic mass is 79.9. The number of hydrogen-bond donors (Lipinski definition) is 2. The van der Waals surface area contributed by atoms with Crippen molar-refractivity contribution in [3.05, 3.63) is 92.6 Å². The second-order valence-electron chi connectivity index (χ2n) is 8.47. The predicted octanol–water partition coefficient (Wildman–Crippen LogP) is 6.14. The van der Waals surface area contributed by atoms with Crippen molar-refractivity contribution in [3.8, 4) is 5.75 Å². The summed E-state index contributed by atoms with van der Waals surface area (Å²) >= 11 is 7.12. The standard InChI is InChI=1S/C27H24Br2FN7O2/c28-22-14-19(15-23(29)24(22)39-17-18-6-8-20(30)9-7-18)16-31-36-26-33-25(32-21-4-2-1-3-5-21)34-27(35-26)37-10-12-38-13-11-37/h1-9,14-16H,10-13,17H2,(H2,32,33,34,35,36)/b31-16-. The molecule has 12 heteroatoms. The Morgan fingerprint density at radius 1 is 0.949 bits per heavy atom. The monoisotopic (exact) mass is 655 g/mol. The van der Waals surface area contributed by atoms with Gasteiger partial charge >= 0.3 is 0 Å². The van der Waals surface area contributed by atoms with Crippen LogP contribution in [-0.2, 0) is 11.3 Å². The lowest BCUT2D eigenvalue weighted by Gasteiger charge is -2.27. The molecule has 2 N–H and O–H groups in total. The summed E-state index contributed by atoms with van der Waals surface area (Å²) in [6, 6.07) is 19.6. The zero-order valence-electron chi connectivity index (χ0n) is 20.7. The average molecular weight is 657 g/mol. The first kappa shape index (κ1) is 27.0. The molecule has 0 unspecified atom stereocenters. The number of ether oxygens (including phenoxy) is 2. The minimum atomic E-state index is -0.281. The smallest absolute Gasteiger partial charge is 0.250 e. The first-order valence-electron chi connectivity index (χ1n) is 12.1. The van der Waals surface area contributed by atoms with E-state index in [4.69, 9.17) is 9.47 Å². The second-order valence-corrected chi connectivity index (χ2v) is 10.2. The first-order valence-corrected chi connectivity index (χ1v) is 13.7. The molecule has 39 heavy (non-hydrogen) atoms. The van der Waals surface area contributed by atoms with Crippen LogP contribution in [0.3, 0.4) is 0 Å². The SMILES string of the molecule is Fc1ccc(COc2c(Br)cc(/C=N\Nc3nc(Nc4ccccc4)nc(N4CCOCC4)n3)cc2Br)cc1. The number of hydrogen-bond acceptors (Lipinski definition) is 9. The molecule has 4 aromatic rings. The van der Waals surface area contributed by atoms with Crippen molar-refractivity contribution in [2.45, 2.75) is 6.61 Å². The van der Waals surface area contributed by atoms with Gasteiger partial charge in [0.15, 0.2) is 0 Å². The van der Waals surface area contributed by atoms with Crippen molar-refractivity contribution in [3.63, 3.8) is 0 Å². The largest absolute Gasteiger partial charge is 0.487 e. The minimum absolute atomic E-state index is 0.281. The van der Waals surface area contributed by atoms with Crippen molar-refractivity contribution in [2.75, 3.05) is 41.9 Å². The van der Waals surface area contributed by atoms with Crippen LogP contribution < -0.4 is 20.4 Å². The Bertz CT molecular complexity index is 1410. The molecular weight excluding hydrogens is 633 g/mol. The van der Waals surface area contributed by atoms with Gasteiger partial charge in [0.25, 0.3) is 0 Å². The van der Waals surface area contributed by atoms with E-state index in [1.165, 1.54) is 12.1 Å². The molecule has 2 heterocycles. The number of hydrazone groups is 1. The molecule has 0 amide bonds. The van der Waals surface area contributed by atoms with Crippen LogP contribution >= 0.6 is 31.9 Å². The highest BCUT2D eigenvalue weighted by molar-refractivity contribution is 9.11. The Labute approximate surface area is 241 Å². The molecule has 1 aromatic heterocycles. The normalized spacial score (nSPS) is 13.5. The third kappa shape index (κ3) is 7.49. The van der Waals surface area contributed by atoms with E-state index >= 15 is 0 Å². The van der Waals surface area contributed by atoms with Gasteiger partial charge in [-0.1, -0.05) is 30.3 Å². The average Bonchev–Trinajstić information content (AvgIpc) is 2.94. The number of aromatic nitrogens is 3. The molecule has 9 nitrogen and oxygen atoms in total. The maximum atomic E-state index is 13.2. The quantitative estimate of drug-likeness (QED) is 0.164. The summed E-state index contributed by atoms with van der Waals surface area (Å²) in [5.74, 6) is 1.60. The number of rotatable bonds is 9. The van der Waals surface area contributed by atoms with Crippen molar-refractivity contribution in [1.82, 2.24) is 15.0 Å². The Morgan fingerprint density at radius 3 is 2.36 bits per heavy atom. The fraction of sp³-hybridized carbons (Fsp3) is 0.185. The minimum Gasteiger partial charge on any atom is -0.487 e. The topological polar surface area (TPSA) is 96.8 Å². The van der Waals surface area contributed by atoms with Crippen LogP contribution in [0, 0.1) is 5.82 Å². The fourth-order valence-corrected chi connectivity index (χ4v) is 5.17. The van der Waals surface area contributed by atoms with Crippen molar-refractivity contribution < 1.29 is 13.9 Å². The van der Waals surface area contributed by atoms with E-state index in [0.29, 0.717) is 56.5 Å². The summed E-state index contributed by atoms with van der Waals surface area (Å²) in [7, 11) is 0. The molecule has 1 fully saturated rings. The highest BCUT2D eigenvalue weighted by Gasteiger charge is 2.17. The van der Waals surface area contributed by atoms with Gasteiger partial charge in [0.2, 0.25) is 17.8 Å². The Hall–Kier alpha value is -3.61. The van der Waals surface area contributed by atoms with Crippen LogP contribution in [-0.4, -0.2) is 47.5 Å². The number of morpholine rings is 1. The zero-order chi connectivity index (χ0) is 27.0. The molecular formula is C27H24Br2FN7O2. The van der Waals surface area contributed by atoms with E-state index in [9.17, 15) is 4.39 Å². The van der Waals surface area contributed by atoms with Crippen LogP contribution in [0.4, 0.5) is 27.9 Å².